The fourth-order valence-corrected chi connectivity index (χ4v) is 1.70. The van der Waals surface area contributed by atoms with Crippen LogP contribution in [0.1, 0.15) is 30.6 Å². The summed E-state index contributed by atoms with van der Waals surface area (Å²) in [5.74, 6) is -1.21. The third-order valence-electron chi connectivity index (χ3n) is 2.91. The molecule has 0 aliphatic rings. The molecule has 0 aliphatic heterocycles. The maximum atomic E-state index is 12.1. The molecule has 8 heteroatoms. The minimum Gasteiger partial charge on any atom is -0.449 e. The predicted molar refractivity (Wildman–Crippen MR) is 80.8 cm³/mol. The number of nitrogens with zero attached hydrogens (tertiary/aromatic N) is 1. The molecule has 0 spiro atoms. The number of anilines is 1. The number of nitro benzene ring substituents is 1. The van der Waals surface area contributed by atoms with Crippen LogP contribution in [-0.4, -0.2) is 36.5 Å². The lowest BCUT2D eigenvalue weighted by Crippen LogP contribution is -2.36. The number of amides is 1. The maximum Gasteiger partial charge on any atom is 0.341 e. The van der Waals surface area contributed by atoms with Crippen molar-refractivity contribution in [1.82, 2.24) is 5.32 Å². The molecule has 0 fully saturated rings. The summed E-state index contributed by atoms with van der Waals surface area (Å²) < 4.78 is 5.06. The molecule has 0 saturated carbocycles. The van der Waals surface area contributed by atoms with Gasteiger partial charge in [0.2, 0.25) is 0 Å². The largest absolute Gasteiger partial charge is 0.449 e. The molecule has 0 radical (unpaired) electrons. The molecule has 1 amide bonds. The third-order valence-corrected chi connectivity index (χ3v) is 2.91. The van der Waals surface area contributed by atoms with Gasteiger partial charge in [0.05, 0.1) is 10.5 Å². The Morgan fingerprint density at radius 1 is 1.41 bits per heavy atom. The SMILES string of the molecule is CCCNC(=O)[C@@H](C)OC(=O)c1cc([N+](=O)[O-])ccc1NC. The second kappa shape index (κ2) is 7.96. The molecule has 8 nitrogen and oxygen atoms in total. The molecule has 0 heterocycles. The average Bonchev–Trinajstić information content (AvgIpc) is 2.51. The van der Waals surface area contributed by atoms with Crippen LogP contribution in [-0.2, 0) is 9.53 Å². The number of hydrogen-bond acceptors (Lipinski definition) is 6. The van der Waals surface area contributed by atoms with Crippen molar-refractivity contribution < 1.29 is 19.2 Å². The lowest BCUT2D eigenvalue weighted by Gasteiger charge is -2.14. The fourth-order valence-electron chi connectivity index (χ4n) is 1.70. The Bertz CT molecular complexity index is 574. The van der Waals surface area contributed by atoms with Gasteiger partial charge >= 0.3 is 5.97 Å². The summed E-state index contributed by atoms with van der Waals surface area (Å²) in [7, 11) is 1.58. The van der Waals surface area contributed by atoms with Gasteiger partial charge in [0, 0.05) is 31.4 Å². The first-order chi connectivity index (χ1) is 10.4. The van der Waals surface area contributed by atoms with E-state index in [2.05, 4.69) is 10.6 Å². The number of non-ortho nitro benzene ring substituents is 1. The van der Waals surface area contributed by atoms with Gasteiger partial charge in [-0.15, -0.1) is 0 Å². The van der Waals surface area contributed by atoms with E-state index in [1.54, 1.807) is 7.05 Å². The summed E-state index contributed by atoms with van der Waals surface area (Å²) in [4.78, 5) is 34.0. The van der Waals surface area contributed by atoms with Crippen LogP contribution in [0.5, 0.6) is 0 Å². The molecule has 1 aromatic rings. The number of carbonyl (C=O) groups is 2. The summed E-state index contributed by atoms with van der Waals surface area (Å²) in [6.07, 6.45) is -0.218. The number of nitro groups is 1. The number of ether oxygens (including phenoxy) is 1. The molecule has 0 aromatic heterocycles. The molecule has 0 saturated heterocycles. The van der Waals surface area contributed by atoms with Crippen molar-refractivity contribution in [3.63, 3.8) is 0 Å². The second-order valence-electron chi connectivity index (χ2n) is 4.58. The Morgan fingerprint density at radius 3 is 2.64 bits per heavy atom. The van der Waals surface area contributed by atoms with Gasteiger partial charge in [-0.3, -0.25) is 14.9 Å². The van der Waals surface area contributed by atoms with Crippen LogP contribution < -0.4 is 10.6 Å². The zero-order valence-electron chi connectivity index (χ0n) is 12.7. The van der Waals surface area contributed by atoms with Gasteiger partial charge in [0.15, 0.2) is 6.10 Å². The van der Waals surface area contributed by atoms with Crippen LogP contribution in [0.3, 0.4) is 0 Å². The van der Waals surface area contributed by atoms with Gasteiger partial charge in [-0.1, -0.05) is 6.92 Å². The van der Waals surface area contributed by atoms with Crippen LogP contribution in [0.15, 0.2) is 18.2 Å². The van der Waals surface area contributed by atoms with Crippen LogP contribution in [0.2, 0.25) is 0 Å². The van der Waals surface area contributed by atoms with E-state index in [1.807, 2.05) is 6.92 Å². The number of hydrogen-bond donors (Lipinski definition) is 2. The summed E-state index contributed by atoms with van der Waals surface area (Å²) >= 11 is 0. The van der Waals surface area contributed by atoms with Gasteiger partial charge in [-0.05, 0) is 19.4 Å². The summed E-state index contributed by atoms with van der Waals surface area (Å²) in [6, 6.07) is 3.81. The standard InChI is InChI=1S/C14H19N3O5/c1-4-7-16-13(18)9(2)22-14(19)11-8-10(17(20)21)5-6-12(11)15-3/h5-6,8-9,15H,4,7H2,1-3H3,(H,16,18)/t9-/m1/s1. The zero-order chi connectivity index (χ0) is 16.7. The van der Waals surface area contributed by atoms with Crippen molar-refractivity contribution in [2.75, 3.05) is 18.9 Å². The summed E-state index contributed by atoms with van der Waals surface area (Å²) in [6.45, 7) is 3.83. The third kappa shape index (κ3) is 4.44. The van der Waals surface area contributed by atoms with Crippen molar-refractivity contribution in [2.24, 2.45) is 0 Å². The summed E-state index contributed by atoms with van der Waals surface area (Å²) in [5.41, 5.74) is 0.164. The van der Waals surface area contributed by atoms with Crippen molar-refractivity contribution >= 4 is 23.3 Å². The number of rotatable bonds is 7. The zero-order valence-corrected chi connectivity index (χ0v) is 12.7. The molecule has 0 bridgehead atoms. The molecule has 1 atom stereocenters. The van der Waals surface area contributed by atoms with Gasteiger partial charge in [0.1, 0.15) is 0 Å². The highest BCUT2D eigenvalue weighted by Crippen LogP contribution is 2.23. The van der Waals surface area contributed by atoms with Gasteiger partial charge in [-0.25, -0.2) is 4.79 Å². The maximum absolute atomic E-state index is 12.1. The van der Waals surface area contributed by atoms with E-state index >= 15 is 0 Å². The molecular weight excluding hydrogens is 290 g/mol. The average molecular weight is 309 g/mol. The highest BCUT2D eigenvalue weighted by atomic mass is 16.6. The Balaban J connectivity index is 2.90. The van der Waals surface area contributed by atoms with Crippen molar-refractivity contribution in [1.29, 1.82) is 0 Å². The van der Waals surface area contributed by atoms with Crippen LogP contribution in [0.4, 0.5) is 11.4 Å². The Hall–Kier alpha value is -2.64. The molecule has 1 aromatic carbocycles. The van der Waals surface area contributed by atoms with Crippen LogP contribution in [0, 0.1) is 10.1 Å². The van der Waals surface area contributed by atoms with E-state index in [4.69, 9.17) is 4.74 Å². The summed E-state index contributed by atoms with van der Waals surface area (Å²) in [5, 5.41) is 16.2. The van der Waals surface area contributed by atoms with E-state index in [9.17, 15) is 19.7 Å². The monoisotopic (exact) mass is 309 g/mol. The minimum atomic E-state index is -0.983. The number of benzene rings is 1. The van der Waals surface area contributed by atoms with Crippen molar-refractivity contribution in [3.8, 4) is 0 Å². The van der Waals surface area contributed by atoms with Crippen molar-refractivity contribution in [2.45, 2.75) is 26.4 Å². The lowest BCUT2D eigenvalue weighted by molar-refractivity contribution is -0.384. The molecule has 120 valence electrons. The first-order valence-corrected chi connectivity index (χ1v) is 6.85. The van der Waals surface area contributed by atoms with Crippen LogP contribution >= 0.6 is 0 Å². The van der Waals surface area contributed by atoms with E-state index < -0.39 is 22.9 Å². The molecule has 22 heavy (non-hydrogen) atoms. The van der Waals surface area contributed by atoms with E-state index in [1.165, 1.54) is 19.1 Å². The number of nitrogens with one attached hydrogen (secondary N) is 2. The van der Waals surface area contributed by atoms with Crippen molar-refractivity contribution in [3.05, 3.63) is 33.9 Å². The quantitative estimate of drug-likeness (QED) is 0.450. The molecule has 1 rings (SSSR count). The highest BCUT2D eigenvalue weighted by molar-refractivity contribution is 5.98. The topological polar surface area (TPSA) is 111 Å². The highest BCUT2D eigenvalue weighted by Gasteiger charge is 2.22. The normalized spacial score (nSPS) is 11.4. The molecular formula is C14H19N3O5. The molecule has 0 unspecified atom stereocenters. The molecule has 2 N–H and O–H groups in total. The minimum absolute atomic E-state index is 0.00633. The van der Waals surface area contributed by atoms with E-state index in [-0.39, 0.29) is 11.3 Å². The van der Waals surface area contributed by atoms with Gasteiger partial charge < -0.3 is 15.4 Å². The fraction of sp³-hybridized carbons (Fsp3) is 0.429. The first kappa shape index (κ1) is 17.4. The second-order valence-corrected chi connectivity index (χ2v) is 4.58. The molecule has 0 aliphatic carbocycles. The lowest BCUT2D eigenvalue weighted by atomic mass is 10.1. The van der Waals surface area contributed by atoms with E-state index in [0.717, 1.165) is 12.5 Å². The number of esters is 1. The van der Waals surface area contributed by atoms with Gasteiger partial charge in [0.25, 0.3) is 11.6 Å². The Kier molecular flexibility index (Phi) is 6.30. The van der Waals surface area contributed by atoms with Crippen LogP contribution in [0.25, 0.3) is 0 Å². The Morgan fingerprint density at radius 2 is 2.09 bits per heavy atom. The number of carbonyl (C=O) groups excluding carboxylic acids is 2. The predicted octanol–water partition coefficient (Wildman–Crippen LogP) is 1.71. The van der Waals surface area contributed by atoms with Gasteiger partial charge in [-0.2, -0.15) is 0 Å². The Labute approximate surface area is 128 Å². The smallest absolute Gasteiger partial charge is 0.341 e. The first-order valence-electron chi connectivity index (χ1n) is 6.85. The van der Waals surface area contributed by atoms with E-state index in [0.29, 0.717) is 12.2 Å².